The smallest absolute Gasteiger partial charge is 0 e. The first kappa shape index (κ1) is 14.3. The van der Waals surface area contributed by atoms with Gasteiger partial charge in [-0.25, -0.2) is 0 Å². The Kier molecular flexibility index (Phi) is 8.21. The molecule has 2 aromatic rings. The Morgan fingerprint density at radius 3 is 1.27 bits per heavy atom. The second-order valence-corrected chi connectivity index (χ2v) is 3.09. The molecule has 0 saturated carbocycles. The summed E-state index contributed by atoms with van der Waals surface area (Å²) in [5.41, 5.74) is 2.39. The second-order valence-electron chi connectivity index (χ2n) is 3.09. The summed E-state index contributed by atoms with van der Waals surface area (Å²) in [6.07, 6.45) is 0. The van der Waals surface area contributed by atoms with Gasteiger partial charge in [0.25, 0.3) is 0 Å². The standard InChI is InChI=1S/2C7H7.Hf/c2*1-7-5-3-2-4-6-7;/h2*2-5H,1H3;/q2*-1;. The van der Waals surface area contributed by atoms with E-state index >= 15 is 0 Å². The Balaban J connectivity index is 0.000000245. The maximum absolute atomic E-state index is 3.03. The summed E-state index contributed by atoms with van der Waals surface area (Å²) in [6.45, 7) is 4.06. The molecule has 0 spiro atoms. The van der Waals surface area contributed by atoms with Gasteiger partial charge in [0.05, 0.1) is 0 Å². The summed E-state index contributed by atoms with van der Waals surface area (Å²) >= 11 is 0. The number of hydrogen-bond donors (Lipinski definition) is 0. The predicted molar refractivity (Wildman–Crippen MR) is 60.0 cm³/mol. The van der Waals surface area contributed by atoms with Crippen LogP contribution in [0.4, 0.5) is 0 Å². The van der Waals surface area contributed by atoms with Gasteiger partial charge in [0.15, 0.2) is 0 Å². The molecule has 0 amide bonds. The van der Waals surface area contributed by atoms with Crippen LogP contribution in [0.25, 0.3) is 0 Å². The zero-order chi connectivity index (χ0) is 10.2. The van der Waals surface area contributed by atoms with Crippen LogP contribution in [0.3, 0.4) is 0 Å². The molecular weight excluding hydrogens is 347 g/mol. The van der Waals surface area contributed by atoms with Crippen molar-refractivity contribution in [3.8, 4) is 0 Å². The van der Waals surface area contributed by atoms with Gasteiger partial charge in [0.2, 0.25) is 0 Å². The van der Waals surface area contributed by atoms with Crippen molar-refractivity contribution in [3.05, 3.63) is 71.8 Å². The van der Waals surface area contributed by atoms with Crippen molar-refractivity contribution in [2.24, 2.45) is 0 Å². The molecule has 0 aliphatic carbocycles. The Morgan fingerprint density at radius 2 is 1.13 bits per heavy atom. The van der Waals surface area contributed by atoms with Crippen LogP contribution in [0.1, 0.15) is 11.1 Å². The number of hydrogen-bond acceptors (Lipinski definition) is 0. The van der Waals surface area contributed by atoms with Gasteiger partial charge in [-0.2, -0.15) is 71.8 Å². The second kappa shape index (κ2) is 8.60. The molecule has 0 atom stereocenters. The molecule has 0 saturated heterocycles. The molecule has 0 bridgehead atoms. The van der Waals surface area contributed by atoms with Crippen LogP contribution < -0.4 is 0 Å². The van der Waals surface area contributed by atoms with E-state index in [1.807, 2.05) is 62.4 Å². The third-order valence-corrected chi connectivity index (χ3v) is 1.73. The molecule has 0 fully saturated rings. The first-order chi connectivity index (χ1) is 6.79. The summed E-state index contributed by atoms with van der Waals surface area (Å²) in [5, 5.41) is 0. The molecule has 0 aliphatic heterocycles. The first-order valence-corrected chi connectivity index (χ1v) is 4.65. The van der Waals surface area contributed by atoms with Gasteiger partial charge in [-0.05, 0) is 0 Å². The fraction of sp³-hybridized carbons (Fsp3) is 0.143. The summed E-state index contributed by atoms with van der Waals surface area (Å²) in [6, 6.07) is 21.9. The van der Waals surface area contributed by atoms with Gasteiger partial charge in [-0.1, -0.05) is 13.8 Å². The molecule has 0 unspecified atom stereocenters. The van der Waals surface area contributed by atoms with Gasteiger partial charge in [-0.3, -0.25) is 0 Å². The fourth-order valence-electron chi connectivity index (χ4n) is 0.966. The Hall–Kier alpha value is -0.690. The molecule has 0 heterocycles. The summed E-state index contributed by atoms with van der Waals surface area (Å²) in [4.78, 5) is 0. The Bertz CT molecular complexity index is 303. The van der Waals surface area contributed by atoms with E-state index < -0.39 is 0 Å². The van der Waals surface area contributed by atoms with Crippen LogP contribution in [-0.2, 0) is 25.8 Å². The van der Waals surface area contributed by atoms with Crippen LogP contribution in [0.2, 0.25) is 0 Å². The van der Waals surface area contributed by atoms with E-state index in [0.29, 0.717) is 0 Å². The van der Waals surface area contributed by atoms with E-state index in [0.717, 1.165) is 0 Å². The summed E-state index contributed by atoms with van der Waals surface area (Å²) in [5.74, 6) is 0. The van der Waals surface area contributed by atoms with Crippen LogP contribution in [-0.4, -0.2) is 0 Å². The van der Waals surface area contributed by atoms with Crippen molar-refractivity contribution in [3.63, 3.8) is 0 Å². The van der Waals surface area contributed by atoms with Gasteiger partial charge < -0.3 is 0 Å². The third-order valence-electron chi connectivity index (χ3n) is 1.73. The average Bonchev–Trinajstić information content (AvgIpc) is 2.21. The van der Waals surface area contributed by atoms with Crippen LogP contribution >= 0.6 is 0 Å². The molecule has 0 radical (unpaired) electrons. The van der Waals surface area contributed by atoms with Crippen molar-refractivity contribution >= 4 is 0 Å². The largest absolute Gasteiger partial charge is 0.181 e. The van der Waals surface area contributed by atoms with E-state index in [-0.39, 0.29) is 25.8 Å². The normalized spacial score (nSPS) is 8.13. The maximum atomic E-state index is 3.03. The molecule has 0 aromatic heterocycles. The van der Waals surface area contributed by atoms with Crippen molar-refractivity contribution in [1.82, 2.24) is 0 Å². The number of rotatable bonds is 0. The molecule has 0 N–H and O–H groups in total. The molecule has 2 rings (SSSR count). The van der Waals surface area contributed by atoms with Gasteiger partial charge in [0.1, 0.15) is 0 Å². The molecule has 76 valence electrons. The SMILES string of the molecule is Cc1[c-]cccc1.Cc1[c-]cccc1.[Hf]. The van der Waals surface area contributed by atoms with E-state index in [4.69, 9.17) is 0 Å². The number of aryl methyl sites for hydroxylation is 2. The van der Waals surface area contributed by atoms with Gasteiger partial charge in [0, 0.05) is 25.8 Å². The molecule has 0 aliphatic rings. The monoisotopic (exact) mass is 362 g/mol. The quantitative estimate of drug-likeness (QED) is 0.497. The molecule has 1 heteroatoms. The molecule has 15 heavy (non-hydrogen) atoms. The van der Waals surface area contributed by atoms with Crippen LogP contribution in [0.5, 0.6) is 0 Å². The van der Waals surface area contributed by atoms with Crippen LogP contribution in [0.15, 0.2) is 48.5 Å². The maximum Gasteiger partial charge on any atom is 0 e. The van der Waals surface area contributed by atoms with Gasteiger partial charge in [-0.15, -0.1) is 0 Å². The molecular formula is C14H14Hf-2. The van der Waals surface area contributed by atoms with E-state index in [2.05, 4.69) is 12.1 Å². The van der Waals surface area contributed by atoms with Gasteiger partial charge >= 0.3 is 0 Å². The Morgan fingerprint density at radius 1 is 0.733 bits per heavy atom. The minimum absolute atomic E-state index is 0. The Labute approximate surface area is 111 Å². The van der Waals surface area contributed by atoms with Crippen molar-refractivity contribution < 1.29 is 25.8 Å². The minimum Gasteiger partial charge on any atom is -0.181 e. The van der Waals surface area contributed by atoms with Crippen molar-refractivity contribution in [2.45, 2.75) is 13.8 Å². The van der Waals surface area contributed by atoms with E-state index in [9.17, 15) is 0 Å². The van der Waals surface area contributed by atoms with E-state index in [1.165, 1.54) is 11.1 Å². The topological polar surface area (TPSA) is 0 Å². The van der Waals surface area contributed by atoms with Crippen molar-refractivity contribution in [1.29, 1.82) is 0 Å². The summed E-state index contributed by atoms with van der Waals surface area (Å²) < 4.78 is 0. The fourth-order valence-corrected chi connectivity index (χ4v) is 0.966. The zero-order valence-electron chi connectivity index (χ0n) is 9.12. The minimum atomic E-state index is 0. The predicted octanol–water partition coefficient (Wildman–Crippen LogP) is 3.59. The third kappa shape index (κ3) is 7.26. The molecule has 2 aromatic carbocycles. The average molecular weight is 361 g/mol. The summed E-state index contributed by atoms with van der Waals surface area (Å²) in [7, 11) is 0. The van der Waals surface area contributed by atoms with E-state index in [1.54, 1.807) is 0 Å². The van der Waals surface area contributed by atoms with Crippen LogP contribution in [0, 0.1) is 26.0 Å². The first-order valence-electron chi connectivity index (χ1n) is 4.65. The number of benzene rings is 2. The zero-order valence-corrected chi connectivity index (χ0v) is 12.7. The molecule has 0 nitrogen and oxygen atoms in total. The van der Waals surface area contributed by atoms with Crippen molar-refractivity contribution in [2.75, 3.05) is 0 Å².